The minimum atomic E-state index is -3.17. The lowest BCUT2D eigenvalue weighted by Crippen LogP contribution is -2.34. The molecule has 1 aliphatic heterocycles. The molecule has 0 radical (unpaired) electrons. The Morgan fingerprint density at radius 3 is 2.60 bits per heavy atom. The van der Waals surface area contributed by atoms with Gasteiger partial charge in [0.1, 0.15) is 0 Å². The quantitative estimate of drug-likeness (QED) is 0.682. The number of hydroxylamine groups is 2. The molecule has 1 aliphatic rings. The molecule has 2 rings (SSSR count). The van der Waals surface area contributed by atoms with Crippen molar-refractivity contribution in [1.29, 1.82) is 0 Å². The monoisotopic (exact) mass is 379 g/mol. The van der Waals surface area contributed by atoms with Crippen LogP contribution in [0.4, 0.5) is 4.39 Å². The van der Waals surface area contributed by atoms with Crippen LogP contribution in [0.5, 0.6) is 0 Å². The summed E-state index contributed by atoms with van der Waals surface area (Å²) < 4.78 is 37.5. The molecule has 0 aromatic carbocycles. The van der Waals surface area contributed by atoms with E-state index in [0.717, 1.165) is 10.8 Å². The number of hydrogen-bond donors (Lipinski definition) is 1. The highest BCUT2D eigenvalue weighted by Crippen LogP contribution is 2.49. The summed E-state index contributed by atoms with van der Waals surface area (Å²) in [5.74, 6) is -1.06. The first kappa shape index (κ1) is 20.0. The van der Waals surface area contributed by atoms with Gasteiger partial charge in [-0.3, -0.25) is 23.7 Å². The highest BCUT2D eigenvalue weighted by Gasteiger charge is 2.35. The minimum Gasteiger partial charge on any atom is -0.309 e. The molecule has 1 fully saturated rings. The summed E-state index contributed by atoms with van der Waals surface area (Å²) in [6, 6.07) is -0.166. The van der Waals surface area contributed by atoms with Gasteiger partial charge >= 0.3 is 13.3 Å². The SMILES string of the molecule is CCOP(=O)(CC[C@H]1CC(n2cc(F)c(=O)[nH]c2=O)ON1C)OCC. The Balaban J connectivity index is 2.06. The fourth-order valence-corrected chi connectivity index (χ4v) is 4.44. The molecule has 9 nitrogen and oxygen atoms in total. The van der Waals surface area contributed by atoms with Crippen LogP contribution >= 0.6 is 7.60 Å². The average Bonchev–Trinajstić information content (AvgIpc) is 2.90. The van der Waals surface area contributed by atoms with Gasteiger partial charge in [-0.05, 0) is 20.3 Å². The van der Waals surface area contributed by atoms with Crippen molar-refractivity contribution in [1.82, 2.24) is 14.6 Å². The van der Waals surface area contributed by atoms with Crippen molar-refractivity contribution in [2.75, 3.05) is 26.4 Å². The Hall–Kier alpha value is -1.32. The molecule has 1 aromatic rings. The van der Waals surface area contributed by atoms with Crippen molar-refractivity contribution in [3.05, 3.63) is 32.9 Å². The van der Waals surface area contributed by atoms with Crippen molar-refractivity contribution in [2.45, 2.75) is 39.0 Å². The minimum absolute atomic E-state index is 0.166. The first-order chi connectivity index (χ1) is 11.8. The fraction of sp³-hybridized carbons (Fsp3) is 0.714. The molecule has 1 saturated heterocycles. The molecular weight excluding hydrogens is 356 g/mol. The fourth-order valence-electron chi connectivity index (χ4n) is 2.71. The Kier molecular flexibility index (Phi) is 6.70. The van der Waals surface area contributed by atoms with Gasteiger partial charge in [-0.1, -0.05) is 0 Å². The first-order valence-electron chi connectivity index (χ1n) is 8.08. The zero-order chi connectivity index (χ0) is 18.6. The summed E-state index contributed by atoms with van der Waals surface area (Å²) in [6.07, 6.45) is 1.08. The lowest BCUT2D eigenvalue weighted by Gasteiger charge is -2.21. The van der Waals surface area contributed by atoms with E-state index in [1.165, 1.54) is 5.06 Å². The number of nitrogens with zero attached hydrogens (tertiary/aromatic N) is 2. The third-order valence-corrected chi connectivity index (χ3v) is 6.01. The van der Waals surface area contributed by atoms with E-state index in [4.69, 9.17) is 13.9 Å². The number of rotatable bonds is 8. The van der Waals surface area contributed by atoms with Crippen LogP contribution in [0.3, 0.4) is 0 Å². The second-order valence-electron chi connectivity index (χ2n) is 5.60. The number of nitrogens with one attached hydrogen (secondary N) is 1. The second-order valence-corrected chi connectivity index (χ2v) is 7.78. The predicted octanol–water partition coefficient (Wildman–Crippen LogP) is 1.47. The number of aromatic amines is 1. The third-order valence-electron chi connectivity index (χ3n) is 3.90. The van der Waals surface area contributed by atoms with Crippen LogP contribution in [0.1, 0.15) is 32.9 Å². The highest BCUT2D eigenvalue weighted by atomic mass is 31.2. The maximum absolute atomic E-state index is 13.4. The van der Waals surface area contributed by atoms with Gasteiger partial charge in [0.05, 0.1) is 25.6 Å². The van der Waals surface area contributed by atoms with Gasteiger partial charge in [0.25, 0.3) is 5.56 Å². The van der Waals surface area contributed by atoms with Crippen LogP contribution in [0, 0.1) is 5.82 Å². The maximum atomic E-state index is 13.4. The lowest BCUT2D eigenvalue weighted by atomic mass is 10.1. The standard InChI is InChI=1S/C14H23FN3O6P/c1-4-22-25(21,23-5-2)7-6-10-8-12(24-17(10)3)18-9-11(15)13(19)16-14(18)20/h9-10,12H,4-8H2,1-3H3,(H,16,19,20)/t10-,12?/m0/s1. The van der Waals surface area contributed by atoms with Crippen molar-refractivity contribution in [3.8, 4) is 0 Å². The van der Waals surface area contributed by atoms with Gasteiger partial charge in [0.15, 0.2) is 6.23 Å². The summed E-state index contributed by atoms with van der Waals surface area (Å²) in [4.78, 5) is 30.4. The molecule has 11 heteroatoms. The van der Waals surface area contributed by atoms with E-state index in [9.17, 15) is 18.5 Å². The molecule has 25 heavy (non-hydrogen) atoms. The molecule has 1 N–H and O–H groups in total. The van der Waals surface area contributed by atoms with Gasteiger partial charge in [-0.25, -0.2) is 4.79 Å². The highest BCUT2D eigenvalue weighted by molar-refractivity contribution is 7.53. The molecule has 142 valence electrons. The third kappa shape index (κ3) is 4.86. The number of hydrogen-bond acceptors (Lipinski definition) is 7. The Labute approximate surface area is 144 Å². The molecular formula is C14H23FN3O6P. The van der Waals surface area contributed by atoms with Crippen LogP contribution < -0.4 is 11.2 Å². The van der Waals surface area contributed by atoms with E-state index in [1.807, 2.05) is 4.98 Å². The smallest absolute Gasteiger partial charge is 0.309 e. The summed E-state index contributed by atoms with van der Waals surface area (Å²) in [5.41, 5.74) is -1.82. The second kappa shape index (κ2) is 8.37. The summed E-state index contributed by atoms with van der Waals surface area (Å²) in [6.45, 7) is 4.04. The van der Waals surface area contributed by atoms with Crippen LogP contribution in [0.2, 0.25) is 0 Å². The molecule has 0 saturated carbocycles. The topological polar surface area (TPSA) is 103 Å². The van der Waals surface area contributed by atoms with Crippen LogP contribution in [0.25, 0.3) is 0 Å². The van der Waals surface area contributed by atoms with Gasteiger partial charge in [0.2, 0.25) is 5.82 Å². The van der Waals surface area contributed by atoms with Gasteiger partial charge in [-0.15, -0.1) is 0 Å². The van der Waals surface area contributed by atoms with Crippen molar-refractivity contribution in [3.63, 3.8) is 0 Å². The normalized spacial score (nSPS) is 21.8. The van der Waals surface area contributed by atoms with E-state index in [1.54, 1.807) is 20.9 Å². The number of aromatic nitrogens is 2. The van der Waals surface area contributed by atoms with E-state index < -0.39 is 30.9 Å². The van der Waals surface area contributed by atoms with Gasteiger partial charge < -0.3 is 9.05 Å². The van der Waals surface area contributed by atoms with Crippen LogP contribution in [-0.4, -0.2) is 47.1 Å². The largest absolute Gasteiger partial charge is 0.330 e. The molecule has 1 unspecified atom stereocenters. The molecule has 0 amide bonds. The molecule has 1 aromatic heterocycles. The summed E-state index contributed by atoms with van der Waals surface area (Å²) >= 11 is 0. The van der Waals surface area contributed by atoms with E-state index in [2.05, 4.69) is 0 Å². The van der Waals surface area contributed by atoms with E-state index in [-0.39, 0.29) is 25.4 Å². The Morgan fingerprint density at radius 2 is 2.00 bits per heavy atom. The first-order valence-corrected chi connectivity index (χ1v) is 9.81. The summed E-state index contributed by atoms with van der Waals surface area (Å²) in [5, 5.41) is 1.53. The van der Waals surface area contributed by atoms with Crippen LogP contribution in [-0.2, 0) is 18.5 Å². The predicted molar refractivity (Wildman–Crippen MR) is 87.9 cm³/mol. The molecule has 2 heterocycles. The van der Waals surface area contributed by atoms with Gasteiger partial charge in [-0.2, -0.15) is 9.45 Å². The zero-order valence-electron chi connectivity index (χ0n) is 14.4. The van der Waals surface area contributed by atoms with Crippen LogP contribution in [0.15, 0.2) is 15.8 Å². The number of H-pyrrole nitrogens is 1. The lowest BCUT2D eigenvalue weighted by molar-refractivity contribution is -0.167. The van der Waals surface area contributed by atoms with E-state index in [0.29, 0.717) is 12.8 Å². The van der Waals surface area contributed by atoms with Crippen molar-refractivity contribution >= 4 is 7.60 Å². The zero-order valence-corrected chi connectivity index (χ0v) is 15.3. The van der Waals surface area contributed by atoms with E-state index >= 15 is 0 Å². The molecule has 0 spiro atoms. The summed E-state index contributed by atoms with van der Waals surface area (Å²) in [7, 11) is -1.50. The van der Waals surface area contributed by atoms with Crippen molar-refractivity contribution < 1.29 is 22.8 Å². The molecule has 0 bridgehead atoms. The average molecular weight is 379 g/mol. The molecule has 2 atom stereocenters. The number of halogens is 1. The Bertz CT molecular complexity index is 741. The Morgan fingerprint density at radius 1 is 1.36 bits per heavy atom. The van der Waals surface area contributed by atoms with Gasteiger partial charge in [0, 0.05) is 19.5 Å². The maximum Gasteiger partial charge on any atom is 0.330 e. The molecule has 0 aliphatic carbocycles. The van der Waals surface area contributed by atoms with Crippen molar-refractivity contribution in [2.24, 2.45) is 0 Å².